The Labute approximate surface area is 116 Å². The van der Waals surface area contributed by atoms with Gasteiger partial charge in [-0.05, 0) is 38.0 Å². The van der Waals surface area contributed by atoms with Crippen LogP contribution in [-0.4, -0.2) is 37.0 Å². The maximum absolute atomic E-state index is 12.3. The van der Waals surface area contributed by atoms with E-state index in [0.29, 0.717) is 0 Å². The van der Waals surface area contributed by atoms with Crippen molar-refractivity contribution < 1.29 is 13.5 Å². The summed E-state index contributed by atoms with van der Waals surface area (Å²) in [6.07, 6.45) is 1.98. The smallest absolute Gasteiger partial charge is 0.242 e. The third-order valence-electron chi connectivity index (χ3n) is 2.78. The first-order valence-corrected chi connectivity index (χ1v) is 7.88. The van der Waals surface area contributed by atoms with Crippen molar-refractivity contribution in [2.45, 2.75) is 44.1 Å². The zero-order valence-corrected chi connectivity index (χ0v) is 12.9. The predicted octanol–water partition coefficient (Wildman–Crippen LogP) is 2.03. The summed E-state index contributed by atoms with van der Waals surface area (Å²) in [4.78, 5) is 0.263. The largest absolute Gasteiger partial charge is 0.389 e. The lowest BCUT2D eigenvalue weighted by molar-refractivity contribution is 0.0640. The monoisotopic (exact) mass is 285 g/mol. The van der Waals surface area contributed by atoms with Crippen LogP contribution in [0.3, 0.4) is 0 Å². The highest BCUT2D eigenvalue weighted by atomic mass is 32.2. The third kappa shape index (κ3) is 4.60. The highest BCUT2D eigenvalue weighted by Crippen LogP contribution is 2.18. The molecule has 108 valence electrons. The molecule has 0 heterocycles. The first-order chi connectivity index (χ1) is 8.66. The summed E-state index contributed by atoms with van der Waals surface area (Å²) in [5.41, 5.74) is 0.0795. The molecule has 1 aromatic carbocycles. The minimum Gasteiger partial charge on any atom is -0.389 e. The van der Waals surface area contributed by atoms with E-state index >= 15 is 0 Å². The van der Waals surface area contributed by atoms with Crippen molar-refractivity contribution in [3.05, 3.63) is 29.8 Å². The molecule has 0 aliphatic carbocycles. The van der Waals surface area contributed by atoms with Gasteiger partial charge in [0.25, 0.3) is 0 Å². The first kappa shape index (κ1) is 16.1. The van der Waals surface area contributed by atoms with Crippen molar-refractivity contribution in [3.8, 4) is 0 Å². The van der Waals surface area contributed by atoms with Gasteiger partial charge in [-0.3, -0.25) is 0 Å². The Balaban J connectivity index is 2.93. The lowest BCUT2D eigenvalue weighted by Gasteiger charge is -2.25. The molecule has 4 nitrogen and oxygen atoms in total. The Morgan fingerprint density at radius 3 is 2.16 bits per heavy atom. The Morgan fingerprint density at radius 2 is 1.74 bits per heavy atom. The van der Waals surface area contributed by atoms with Crippen molar-refractivity contribution in [2.75, 3.05) is 13.6 Å². The normalized spacial score (nSPS) is 12.9. The molecule has 1 N–H and O–H groups in total. The van der Waals surface area contributed by atoms with Gasteiger partial charge >= 0.3 is 0 Å². The van der Waals surface area contributed by atoms with Crippen LogP contribution in [-0.2, 0) is 16.4 Å². The van der Waals surface area contributed by atoms with E-state index in [0.717, 1.165) is 18.4 Å². The number of sulfonamides is 1. The number of hydrogen-bond acceptors (Lipinski definition) is 3. The van der Waals surface area contributed by atoms with Gasteiger partial charge in [0.1, 0.15) is 0 Å². The molecule has 0 aromatic heterocycles. The molecule has 19 heavy (non-hydrogen) atoms. The van der Waals surface area contributed by atoms with Crippen LogP contribution in [0, 0.1) is 0 Å². The topological polar surface area (TPSA) is 57.6 Å². The van der Waals surface area contributed by atoms with Crippen molar-refractivity contribution in [2.24, 2.45) is 0 Å². The molecule has 0 saturated carbocycles. The zero-order valence-electron chi connectivity index (χ0n) is 12.0. The SMILES string of the molecule is CCCc1ccc(S(=O)(=O)N(C)CC(C)(C)O)cc1. The second kappa shape index (κ2) is 6.03. The highest BCUT2D eigenvalue weighted by Gasteiger charge is 2.26. The fourth-order valence-corrected chi connectivity index (χ4v) is 3.25. The van der Waals surface area contributed by atoms with E-state index in [1.165, 1.54) is 11.4 Å². The molecule has 0 fully saturated rings. The molecule has 0 spiro atoms. The van der Waals surface area contributed by atoms with Gasteiger partial charge in [-0.1, -0.05) is 25.5 Å². The number of benzene rings is 1. The van der Waals surface area contributed by atoms with Gasteiger partial charge in [-0.15, -0.1) is 0 Å². The molecule has 0 amide bonds. The Bertz CT molecular complexity index is 500. The lowest BCUT2D eigenvalue weighted by atomic mass is 10.1. The number of nitrogens with zero attached hydrogens (tertiary/aromatic N) is 1. The van der Waals surface area contributed by atoms with E-state index in [1.54, 1.807) is 26.0 Å². The van der Waals surface area contributed by atoms with E-state index in [9.17, 15) is 13.5 Å². The number of rotatable bonds is 6. The Kier molecular flexibility index (Phi) is 5.12. The standard InChI is InChI=1S/C14H23NO3S/c1-5-6-12-7-9-13(10-8-12)19(17,18)15(4)11-14(2,3)16/h7-10,16H,5-6,11H2,1-4H3. The molecule has 1 aromatic rings. The quantitative estimate of drug-likeness (QED) is 0.870. The van der Waals surface area contributed by atoms with Crippen molar-refractivity contribution in [1.82, 2.24) is 4.31 Å². The fourth-order valence-electron chi connectivity index (χ4n) is 1.93. The van der Waals surface area contributed by atoms with Gasteiger partial charge < -0.3 is 5.11 Å². The van der Waals surface area contributed by atoms with Crippen LogP contribution in [0.1, 0.15) is 32.8 Å². The van der Waals surface area contributed by atoms with Gasteiger partial charge in [-0.2, -0.15) is 4.31 Å². The molecular weight excluding hydrogens is 262 g/mol. The molecule has 0 radical (unpaired) electrons. The minimum atomic E-state index is -3.53. The predicted molar refractivity (Wildman–Crippen MR) is 76.6 cm³/mol. The summed E-state index contributed by atoms with van der Waals surface area (Å²) >= 11 is 0. The van der Waals surface area contributed by atoms with E-state index < -0.39 is 15.6 Å². The molecule has 0 aliphatic rings. The molecule has 0 aliphatic heterocycles. The van der Waals surface area contributed by atoms with Crippen LogP contribution < -0.4 is 0 Å². The van der Waals surface area contributed by atoms with Crippen molar-refractivity contribution >= 4 is 10.0 Å². The van der Waals surface area contributed by atoms with Crippen LogP contribution in [0.5, 0.6) is 0 Å². The number of hydrogen-bond donors (Lipinski definition) is 1. The second-order valence-corrected chi connectivity index (χ2v) is 7.51. The second-order valence-electron chi connectivity index (χ2n) is 5.47. The van der Waals surface area contributed by atoms with Crippen molar-refractivity contribution in [3.63, 3.8) is 0 Å². The van der Waals surface area contributed by atoms with Gasteiger partial charge in [0.15, 0.2) is 0 Å². The summed E-state index contributed by atoms with van der Waals surface area (Å²) < 4.78 is 25.8. The van der Waals surface area contributed by atoms with Crippen LogP contribution in [0.2, 0.25) is 0 Å². The van der Waals surface area contributed by atoms with Gasteiger partial charge in [0.2, 0.25) is 10.0 Å². The van der Waals surface area contributed by atoms with E-state index in [1.807, 2.05) is 12.1 Å². The minimum absolute atomic E-state index is 0.0616. The van der Waals surface area contributed by atoms with Gasteiger partial charge in [0, 0.05) is 13.6 Å². The van der Waals surface area contributed by atoms with Crippen LogP contribution >= 0.6 is 0 Å². The third-order valence-corrected chi connectivity index (χ3v) is 4.60. The number of likely N-dealkylation sites (N-methyl/N-ethyl adjacent to an activating group) is 1. The summed E-state index contributed by atoms with van der Waals surface area (Å²) in [7, 11) is -2.05. The summed E-state index contributed by atoms with van der Waals surface area (Å²) in [5.74, 6) is 0. The van der Waals surface area contributed by atoms with Crippen LogP contribution in [0.25, 0.3) is 0 Å². The molecule has 1 rings (SSSR count). The summed E-state index contributed by atoms with van der Waals surface area (Å²) in [6.45, 7) is 5.32. The van der Waals surface area contributed by atoms with Gasteiger partial charge in [0.05, 0.1) is 10.5 Å². The molecular formula is C14H23NO3S. The Hall–Kier alpha value is -0.910. The lowest BCUT2D eigenvalue weighted by Crippen LogP contribution is -2.39. The highest BCUT2D eigenvalue weighted by molar-refractivity contribution is 7.89. The molecule has 5 heteroatoms. The van der Waals surface area contributed by atoms with E-state index in [2.05, 4.69) is 6.92 Å². The maximum atomic E-state index is 12.3. The average molecular weight is 285 g/mol. The van der Waals surface area contributed by atoms with Crippen LogP contribution in [0.15, 0.2) is 29.2 Å². The summed E-state index contributed by atoms with van der Waals surface area (Å²) in [6, 6.07) is 6.94. The maximum Gasteiger partial charge on any atom is 0.242 e. The summed E-state index contributed by atoms with van der Waals surface area (Å²) in [5, 5.41) is 9.71. The van der Waals surface area contributed by atoms with E-state index in [-0.39, 0.29) is 11.4 Å². The Morgan fingerprint density at radius 1 is 1.21 bits per heavy atom. The molecule has 0 saturated heterocycles. The number of aryl methyl sites for hydroxylation is 1. The fraction of sp³-hybridized carbons (Fsp3) is 0.571. The van der Waals surface area contributed by atoms with Gasteiger partial charge in [-0.25, -0.2) is 8.42 Å². The van der Waals surface area contributed by atoms with Crippen molar-refractivity contribution in [1.29, 1.82) is 0 Å². The molecule has 0 bridgehead atoms. The van der Waals surface area contributed by atoms with Crippen LogP contribution in [0.4, 0.5) is 0 Å². The van der Waals surface area contributed by atoms with E-state index in [4.69, 9.17) is 0 Å². The average Bonchev–Trinajstić information content (AvgIpc) is 2.28. The number of aliphatic hydroxyl groups is 1. The zero-order chi connectivity index (χ0) is 14.7. The molecule has 0 unspecified atom stereocenters. The first-order valence-electron chi connectivity index (χ1n) is 6.44. The molecule has 0 atom stereocenters.